The molecule has 148 valence electrons. The third-order valence-corrected chi connectivity index (χ3v) is 5.06. The molecule has 0 radical (unpaired) electrons. The first-order valence-electron chi connectivity index (χ1n) is 9.88. The monoisotopic (exact) mass is 376 g/mol. The van der Waals surface area contributed by atoms with E-state index in [2.05, 4.69) is 6.92 Å². The van der Waals surface area contributed by atoms with E-state index in [1.54, 1.807) is 0 Å². The molecule has 0 aromatic rings. The molecule has 3 N–H and O–H groups in total. The first kappa shape index (κ1) is 22.8. The third-order valence-electron chi connectivity index (χ3n) is 4.76. The Morgan fingerprint density at radius 1 is 1.00 bits per heavy atom. The van der Waals surface area contributed by atoms with Crippen LogP contribution in [0.4, 0.5) is 0 Å². The molecule has 4 atom stereocenters. The molecule has 0 saturated carbocycles. The number of unbranched alkanes of at least 4 members (excludes halogenated alkanes) is 9. The minimum Gasteiger partial charge on any atom is -0.478 e. The molecule has 1 fully saturated rings. The number of rotatable bonds is 13. The molecule has 0 amide bonds. The minimum absolute atomic E-state index is 0.0355. The van der Waals surface area contributed by atoms with Crippen molar-refractivity contribution < 1.29 is 24.8 Å². The molecule has 0 aromatic heterocycles. The summed E-state index contributed by atoms with van der Waals surface area (Å²) in [5.41, 5.74) is 0. The SMILES string of the molecule is CCCCCCCCCCCCC(=S)O[C@@H]1[C@@H](O)[C@H](CO)OC[C@H]1O. The van der Waals surface area contributed by atoms with E-state index in [0.717, 1.165) is 12.8 Å². The van der Waals surface area contributed by atoms with Crippen LogP contribution in [-0.2, 0) is 9.47 Å². The molecule has 0 spiro atoms. The lowest BCUT2D eigenvalue weighted by molar-refractivity contribution is -0.190. The molecule has 1 heterocycles. The molecule has 1 aliphatic heterocycles. The van der Waals surface area contributed by atoms with Crippen LogP contribution >= 0.6 is 12.2 Å². The largest absolute Gasteiger partial charge is 0.478 e. The van der Waals surface area contributed by atoms with E-state index < -0.39 is 24.4 Å². The van der Waals surface area contributed by atoms with Gasteiger partial charge in [-0.25, -0.2) is 0 Å². The number of ether oxygens (including phenoxy) is 2. The standard InChI is InChI=1S/C19H36O5S/c1-2-3-4-5-6-7-8-9-10-11-12-17(25)24-19-15(21)14-23-16(13-20)18(19)22/h15-16,18-22H,2-14H2,1H3/t15-,16+,18+,19+/m1/s1. The smallest absolute Gasteiger partial charge is 0.160 e. The van der Waals surface area contributed by atoms with E-state index in [1.807, 2.05) is 0 Å². The average Bonchev–Trinajstić information content (AvgIpc) is 2.60. The van der Waals surface area contributed by atoms with E-state index in [1.165, 1.54) is 51.4 Å². The maximum atomic E-state index is 10.1. The van der Waals surface area contributed by atoms with Crippen LogP contribution in [0.1, 0.15) is 77.6 Å². The van der Waals surface area contributed by atoms with Gasteiger partial charge in [0.1, 0.15) is 18.3 Å². The highest BCUT2D eigenvalue weighted by molar-refractivity contribution is 7.80. The Morgan fingerprint density at radius 3 is 2.12 bits per heavy atom. The number of aliphatic hydroxyl groups is 3. The summed E-state index contributed by atoms with van der Waals surface area (Å²) in [6, 6.07) is 0. The molecule has 0 unspecified atom stereocenters. The maximum absolute atomic E-state index is 10.1. The topological polar surface area (TPSA) is 79.2 Å². The second kappa shape index (κ2) is 13.9. The summed E-state index contributed by atoms with van der Waals surface area (Å²) in [5, 5.41) is 29.5. The van der Waals surface area contributed by atoms with Gasteiger partial charge in [0, 0.05) is 6.42 Å². The Hall–Kier alpha value is -0.270. The Labute approximate surface area is 157 Å². The summed E-state index contributed by atoms with van der Waals surface area (Å²) in [6.07, 6.45) is 9.72. The van der Waals surface area contributed by atoms with Crippen molar-refractivity contribution in [3.8, 4) is 0 Å². The van der Waals surface area contributed by atoms with Gasteiger partial charge in [-0.1, -0.05) is 64.7 Å². The van der Waals surface area contributed by atoms with Crippen LogP contribution < -0.4 is 0 Å². The van der Waals surface area contributed by atoms with Crippen LogP contribution in [0, 0.1) is 0 Å². The predicted octanol–water partition coefficient (Wildman–Crippen LogP) is 3.12. The van der Waals surface area contributed by atoms with E-state index in [9.17, 15) is 10.2 Å². The van der Waals surface area contributed by atoms with Gasteiger partial charge >= 0.3 is 0 Å². The Kier molecular flexibility index (Phi) is 12.6. The lowest BCUT2D eigenvalue weighted by Gasteiger charge is -2.37. The Balaban J connectivity index is 2.06. The highest BCUT2D eigenvalue weighted by Crippen LogP contribution is 2.20. The predicted molar refractivity (Wildman–Crippen MR) is 103 cm³/mol. The molecule has 25 heavy (non-hydrogen) atoms. The second-order valence-corrected chi connectivity index (χ2v) is 7.45. The van der Waals surface area contributed by atoms with Crippen LogP contribution in [0.3, 0.4) is 0 Å². The van der Waals surface area contributed by atoms with Gasteiger partial charge < -0.3 is 24.8 Å². The normalized spacial score (nSPS) is 26.6. The highest BCUT2D eigenvalue weighted by atomic mass is 32.1. The summed E-state index contributed by atoms with van der Waals surface area (Å²) in [6.45, 7) is 1.97. The molecular weight excluding hydrogens is 340 g/mol. The molecule has 0 bridgehead atoms. The summed E-state index contributed by atoms with van der Waals surface area (Å²) in [5.74, 6) is 0. The first-order valence-corrected chi connectivity index (χ1v) is 10.3. The summed E-state index contributed by atoms with van der Waals surface area (Å²) >= 11 is 5.23. The van der Waals surface area contributed by atoms with Crippen molar-refractivity contribution in [3.63, 3.8) is 0 Å². The van der Waals surface area contributed by atoms with Crippen LogP contribution in [0.2, 0.25) is 0 Å². The lowest BCUT2D eigenvalue weighted by Crippen LogP contribution is -2.55. The van der Waals surface area contributed by atoms with Crippen LogP contribution in [0.15, 0.2) is 0 Å². The Bertz CT molecular complexity index is 353. The molecule has 5 nitrogen and oxygen atoms in total. The quantitative estimate of drug-likeness (QED) is 0.339. The average molecular weight is 377 g/mol. The van der Waals surface area contributed by atoms with Crippen molar-refractivity contribution in [2.75, 3.05) is 13.2 Å². The van der Waals surface area contributed by atoms with Gasteiger partial charge in [0.05, 0.1) is 13.2 Å². The van der Waals surface area contributed by atoms with Crippen molar-refractivity contribution in [1.29, 1.82) is 0 Å². The van der Waals surface area contributed by atoms with Gasteiger partial charge in [-0.3, -0.25) is 0 Å². The van der Waals surface area contributed by atoms with E-state index in [0.29, 0.717) is 11.5 Å². The highest BCUT2D eigenvalue weighted by Gasteiger charge is 2.40. The van der Waals surface area contributed by atoms with Gasteiger partial charge in [-0.2, -0.15) is 0 Å². The van der Waals surface area contributed by atoms with Crippen molar-refractivity contribution in [2.45, 2.75) is 102 Å². The zero-order chi connectivity index (χ0) is 18.5. The lowest BCUT2D eigenvalue weighted by atomic mass is 10.0. The number of thiocarbonyl (C=S) groups is 1. The fourth-order valence-corrected chi connectivity index (χ4v) is 3.39. The van der Waals surface area contributed by atoms with Gasteiger partial charge in [-0.15, -0.1) is 0 Å². The van der Waals surface area contributed by atoms with Crippen molar-refractivity contribution in [3.05, 3.63) is 0 Å². The molecule has 1 aliphatic rings. The van der Waals surface area contributed by atoms with Gasteiger partial charge in [0.15, 0.2) is 11.2 Å². The van der Waals surface area contributed by atoms with Crippen molar-refractivity contribution >= 4 is 17.3 Å². The zero-order valence-electron chi connectivity index (χ0n) is 15.6. The Morgan fingerprint density at radius 2 is 1.56 bits per heavy atom. The second-order valence-electron chi connectivity index (χ2n) is 7.00. The number of aliphatic hydroxyl groups excluding tert-OH is 3. The molecular formula is C19H36O5S. The number of hydrogen-bond donors (Lipinski definition) is 3. The van der Waals surface area contributed by atoms with Gasteiger partial charge in [0.2, 0.25) is 0 Å². The van der Waals surface area contributed by atoms with Crippen LogP contribution in [0.25, 0.3) is 0 Å². The molecule has 6 heteroatoms. The third kappa shape index (κ3) is 9.29. The first-order chi connectivity index (χ1) is 12.1. The van der Waals surface area contributed by atoms with E-state index in [4.69, 9.17) is 26.8 Å². The van der Waals surface area contributed by atoms with Crippen LogP contribution in [0.5, 0.6) is 0 Å². The van der Waals surface area contributed by atoms with Gasteiger partial charge in [-0.05, 0) is 18.6 Å². The fourth-order valence-electron chi connectivity index (χ4n) is 3.13. The molecule has 1 saturated heterocycles. The molecule has 1 rings (SSSR count). The maximum Gasteiger partial charge on any atom is 0.160 e. The minimum atomic E-state index is -1.07. The van der Waals surface area contributed by atoms with Crippen molar-refractivity contribution in [1.82, 2.24) is 0 Å². The van der Waals surface area contributed by atoms with Gasteiger partial charge in [0.25, 0.3) is 0 Å². The van der Waals surface area contributed by atoms with E-state index in [-0.39, 0.29) is 13.2 Å². The number of hydrogen-bond acceptors (Lipinski definition) is 6. The van der Waals surface area contributed by atoms with E-state index >= 15 is 0 Å². The molecule has 0 aromatic carbocycles. The summed E-state index contributed by atoms with van der Waals surface area (Å²) in [4.78, 5) is 0. The van der Waals surface area contributed by atoms with Crippen LogP contribution in [-0.4, -0.2) is 58.0 Å². The van der Waals surface area contributed by atoms with Crippen molar-refractivity contribution in [2.24, 2.45) is 0 Å². The fraction of sp³-hybridized carbons (Fsp3) is 0.947. The summed E-state index contributed by atoms with van der Waals surface area (Å²) < 4.78 is 10.7. The zero-order valence-corrected chi connectivity index (χ0v) is 16.4. The summed E-state index contributed by atoms with van der Waals surface area (Å²) in [7, 11) is 0. The molecule has 0 aliphatic carbocycles.